The smallest absolute Gasteiger partial charge is 0.260 e. The molecule has 0 amide bonds. The molecular formula is C20H24ClN4O3+. The van der Waals surface area contributed by atoms with Crippen LogP contribution in [0.3, 0.4) is 0 Å². The van der Waals surface area contributed by atoms with Crippen LogP contribution in [-0.2, 0) is 4.79 Å². The summed E-state index contributed by atoms with van der Waals surface area (Å²) in [4.78, 5) is 16.7. The van der Waals surface area contributed by atoms with Gasteiger partial charge in [0.25, 0.3) is 5.88 Å². The van der Waals surface area contributed by atoms with E-state index in [1.54, 1.807) is 4.52 Å². The van der Waals surface area contributed by atoms with Gasteiger partial charge in [0, 0.05) is 11.8 Å². The number of ketones is 1. The van der Waals surface area contributed by atoms with E-state index in [9.17, 15) is 9.90 Å². The first-order valence-electron chi connectivity index (χ1n) is 8.90. The van der Waals surface area contributed by atoms with Gasteiger partial charge in [0.15, 0.2) is 5.69 Å². The first kappa shape index (κ1) is 20.1. The Morgan fingerprint density at radius 1 is 1.25 bits per heavy atom. The lowest BCUT2D eigenvalue weighted by molar-refractivity contribution is -0.870. The van der Waals surface area contributed by atoms with Crippen molar-refractivity contribution in [2.75, 3.05) is 34.3 Å². The van der Waals surface area contributed by atoms with E-state index < -0.39 is 5.78 Å². The minimum absolute atomic E-state index is 0.0642. The summed E-state index contributed by atoms with van der Waals surface area (Å²) in [5.41, 5.74) is 3.35. The molecule has 1 aliphatic carbocycles. The number of nitrogens with zero attached hydrogens (tertiary/aromatic N) is 4. The maximum absolute atomic E-state index is 12.2. The fourth-order valence-corrected chi connectivity index (χ4v) is 2.82. The summed E-state index contributed by atoms with van der Waals surface area (Å²) >= 11 is 5.96. The normalized spacial score (nSPS) is 16.5. The van der Waals surface area contributed by atoms with Crippen LogP contribution in [0.4, 0.5) is 5.69 Å². The van der Waals surface area contributed by atoms with Gasteiger partial charge in [0.1, 0.15) is 24.6 Å². The highest BCUT2D eigenvalue weighted by atomic mass is 35.5. The molecule has 1 N–H and O–H groups in total. The number of pyridine rings is 1. The Kier molecular flexibility index (Phi) is 5.32. The number of aliphatic imine (C=N–C) groups is 1. The van der Waals surface area contributed by atoms with Crippen molar-refractivity contribution in [3.63, 3.8) is 0 Å². The van der Waals surface area contributed by atoms with Crippen LogP contribution in [0.15, 0.2) is 40.1 Å². The number of hydrogen-bond acceptors (Lipinski definition) is 5. The predicted molar refractivity (Wildman–Crippen MR) is 110 cm³/mol. The van der Waals surface area contributed by atoms with Crippen molar-refractivity contribution < 1.29 is 19.1 Å². The number of aliphatic hydroxyl groups is 1. The Morgan fingerprint density at radius 2 is 1.96 bits per heavy atom. The van der Waals surface area contributed by atoms with Crippen molar-refractivity contribution in [2.24, 2.45) is 4.99 Å². The molecule has 2 heterocycles. The van der Waals surface area contributed by atoms with Crippen LogP contribution in [-0.4, -0.2) is 65.0 Å². The predicted octanol–water partition coefficient (Wildman–Crippen LogP) is 3.26. The van der Waals surface area contributed by atoms with E-state index in [4.69, 9.17) is 16.3 Å². The van der Waals surface area contributed by atoms with Crippen molar-refractivity contribution in [2.45, 2.75) is 13.8 Å². The van der Waals surface area contributed by atoms with Crippen molar-refractivity contribution in [3.8, 4) is 5.88 Å². The zero-order chi connectivity index (χ0) is 20.6. The number of quaternary nitrogens is 1. The molecule has 3 rings (SSSR count). The van der Waals surface area contributed by atoms with Crippen molar-refractivity contribution in [3.05, 3.63) is 46.3 Å². The molecule has 0 atom stereocenters. The molecule has 2 aromatic heterocycles. The average molecular weight is 404 g/mol. The first-order valence-corrected chi connectivity index (χ1v) is 9.28. The second kappa shape index (κ2) is 7.41. The maximum Gasteiger partial charge on any atom is 0.260 e. The van der Waals surface area contributed by atoms with Gasteiger partial charge in [0.05, 0.1) is 31.7 Å². The summed E-state index contributed by atoms with van der Waals surface area (Å²) in [6, 6.07) is 3.87. The molecule has 0 fully saturated rings. The van der Waals surface area contributed by atoms with Crippen LogP contribution < -0.4 is 4.74 Å². The summed E-state index contributed by atoms with van der Waals surface area (Å²) in [5.74, 6) is -0.343. The lowest BCUT2D eigenvalue weighted by Crippen LogP contribution is -2.38. The number of allylic oxidation sites excluding steroid dienone is 3. The number of rotatable bonds is 5. The van der Waals surface area contributed by atoms with E-state index >= 15 is 0 Å². The largest absolute Gasteiger partial charge is 0.506 e. The lowest BCUT2D eigenvalue weighted by atomic mass is 10.1. The Balaban J connectivity index is 2.09. The van der Waals surface area contributed by atoms with Gasteiger partial charge >= 0.3 is 0 Å². The van der Waals surface area contributed by atoms with Crippen LogP contribution in [0.1, 0.15) is 11.3 Å². The highest BCUT2D eigenvalue weighted by Gasteiger charge is 2.21. The number of aromatic nitrogens is 2. The number of carbonyl (C=O) groups is 1. The molecule has 28 heavy (non-hydrogen) atoms. The van der Waals surface area contributed by atoms with Crippen molar-refractivity contribution in [1.82, 2.24) is 9.61 Å². The molecule has 148 valence electrons. The topological polar surface area (TPSA) is 76.2 Å². The van der Waals surface area contributed by atoms with Gasteiger partial charge in [-0.15, -0.1) is 5.10 Å². The molecule has 0 bridgehead atoms. The molecule has 7 nitrogen and oxygen atoms in total. The first-order chi connectivity index (χ1) is 13.1. The quantitative estimate of drug-likeness (QED) is 0.614. The standard InChI is InChI=1S/C20H23ClN4O3/c1-12-6-7-16-19(22-15-10-14(21)17(26)11-18(15)27)20(23-24(16)13(12)2)28-9-8-25(3,4)5/h6-7,10-11H,8-9H2,1-5H3/p+1. The molecule has 0 saturated heterocycles. The number of carbonyl (C=O) groups excluding carboxylic acids is 1. The molecule has 2 aromatic rings. The highest BCUT2D eigenvalue weighted by Crippen LogP contribution is 2.34. The van der Waals surface area contributed by atoms with E-state index in [-0.39, 0.29) is 16.5 Å². The van der Waals surface area contributed by atoms with E-state index in [0.29, 0.717) is 18.2 Å². The number of halogens is 1. The van der Waals surface area contributed by atoms with Gasteiger partial charge in [-0.25, -0.2) is 9.51 Å². The van der Waals surface area contributed by atoms with Crippen molar-refractivity contribution >= 4 is 34.3 Å². The van der Waals surface area contributed by atoms with Crippen LogP contribution in [0, 0.1) is 13.8 Å². The van der Waals surface area contributed by atoms with E-state index in [1.165, 1.54) is 6.08 Å². The van der Waals surface area contributed by atoms with Crippen molar-refractivity contribution in [1.29, 1.82) is 0 Å². The number of ether oxygens (including phenoxy) is 1. The highest BCUT2D eigenvalue weighted by molar-refractivity contribution is 6.52. The molecule has 0 spiro atoms. The van der Waals surface area contributed by atoms with Crippen LogP contribution in [0.5, 0.6) is 5.88 Å². The van der Waals surface area contributed by atoms with E-state index in [2.05, 4.69) is 31.2 Å². The third-order valence-electron chi connectivity index (χ3n) is 4.51. The van der Waals surface area contributed by atoms with Gasteiger partial charge in [-0.05, 0) is 31.6 Å². The SMILES string of the molecule is Cc1ccc2c(N=C3C=C(Cl)C(O)=CC3=O)c(OCC[N+](C)(C)C)nn2c1C. The van der Waals surface area contributed by atoms with Gasteiger partial charge in [-0.2, -0.15) is 0 Å². The summed E-state index contributed by atoms with van der Waals surface area (Å²) in [6.07, 6.45) is 2.40. The number of likely N-dealkylation sites (N-methyl/N-ethyl adjacent to an activating group) is 1. The molecule has 0 unspecified atom stereocenters. The molecule has 8 heteroatoms. The van der Waals surface area contributed by atoms with Crippen LogP contribution in [0.25, 0.3) is 5.52 Å². The lowest BCUT2D eigenvalue weighted by Gasteiger charge is -2.23. The second-order valence-corrected chi connectivity index (χ2v) is 8.21. The minimum atomic E-state index is -0.428. The van der Waals surface area contributed by atoms with Crippen LogP contribution in [0.2, 0.25) is 0 Å². The fraction of sp³-hybridized carbons (Fsp3) is 0.350. The zero-order valence-electron chi connectivity index (χ0n) is 16.7. The molecule has 0 aromatic carbocycles. The van der Waals surface area contributed by atoms with E-state index in [1.807, 2.05) is 26.0 Å². The Bertz CT molecular complexity index is 1040. The summed E-state index contributed by atoms with van der Waals surface area (Å²) in [6.45, 7) is 5.20. The molecule has 1 aliphatic rings. The zero-order valence-corrected chi connectivity index (χ0v) is 17.4. The monoisotopic (exact) mass is 403 g/mol. The third-order valence-corrected chi connectivity index (χ3v) is 4.81. The van der Waals surface area contributed by atoms with Gasteiger partial charge in [-0.1, -0.05) is 17.7 Å². The average Bonchev–Trinajstić information content (AvgIpc) is 2.93. The molecule has 0 radical (unpaired) electrons. The van der Waals surface area contributed by atoms with Gasteiger partial charge in [0.2, 0.25) is 5.78 Å². The fourth-order valence-electron chi connectivity index (χ4n) is 2.66. The molecule has 0 saturated carbocycles. The van der Waals surface area contributed by atoms with Gasteiger partial charge in [-0.3, -0.25) is 4.79 Å². The number of aliphatic hydroxyl groups excluding tert-OH is 1. The Hall–Kier alpha value is -2.64. The maximum atomic E-state index is 12.2. The number of hydrogen-bond donors (Lipinski definition) is 1. The second-order valence-electron chi connectivity index (χ2n) is 7.80. The molecule has 0 aliphatic heterocycles. The minimum Gasteiger partial charge on any atom is -0.506 e. The Morgan fingerprint density at radius 3 is 2.64 bits per heavy atom. The van der Waals surface area contributed by atoms with Gasteiger partial charge < -0.3 is 14.3 Å². The van der Waals surface area contributed by atoms with E-state index in [0.717, 1.165) is 33.9 Å². The Labute approximate surface area is 168 Å². The third kappa shape index (κ3) is 4.10. The number of aryl methyl sites for hydroxylation is 2. The summed E-state index contributed by atoms with van der Waals surface area (Å²) in [7, 11) is 6.23. The summed E-state index contributed by atoms with van der Waals surface area (Å²) < 4.78 is 8.45. The summed E-state index contributed by atoms with van der Waals surface area (Å²) in [5, 5.41) is 14.3. The van der Waals surface area contributed by atoms with Crippen LogP contribution >= 0.6 is 11.6 Å². The number of fused-ring (bicyclic) bond motifs is 1. The molecular weight excluding hydrogens is 380 g/mol.